The first-order valence-electron chi connectivity index (χ1n) is 5.72. The lowest BCUT2D eigenvalue weighted by Gasteiger charge is -2.04. The van der Waals surface area contributed by atoms with Gasteiger partial charge in [-0.2, -0.15) is 0 Å². The molecule has 0 spiro atoms. The first-order chi connectivity index (χ1) is 7.90. The number of hydrogen-bond donors (Lipinski definition) is 1. The number of fused-ring (bicyclic) bond motifs is 3. The Hall–Kier alpha value is -1.42. The van der Waals surface area contributed by atoms with Crippen LogP contribution in [-0.2, 0) is 6.42 Å². The molecule has 4 nitrogen and oxygen atoms in total. The van der Waals surface area contributed by atoms with Gasteiger partial charge in [0.2, 0.25) is 0 Å². The third-order valence-electron chi connectivity index (χ3n) is 2.69. The fourth-order valence-corrected chi connectivity index (χ4v) is 1.80. The van der Waals surface area contributed by atoms with Crippen LogP contribution in [-0.4, -0.2) is 11.7 Å². The van der Waals surface area contributed by atoms with Crippen LogP contribution in [0, 0.1) is 0 Å². The van der Waals surface area contributed by atoms with Gasteiger partial charge in [0.25, 0.3) is 0 Å². The van der Waals surface area contributed by atoms with E-state index in [4.69, 9.17) is 9.94 Å². The van der Waals surface area contributed by atoms with Crippen LogP contribution in [0.4, 0.5) is 5.69 Å². The molecule has 4 heteroatoms. The Morgan fingerprint density at radius 2 is 2.00 bits per heavy atom. The zero-order valence-corrected chi connectivity index (χ0v) is 9.22. The molecule has 2 bridgehead atoms. The number of aryl methyl sites for hydroxylation is 1. The molecule has 2 aliphatic heterocycles. The van der Waals surface area contributed by atoms with Crippen LogP contribution in [0.15, 0.2) is 28.6 Å². The Labute approximate surface area is 94.9 Å². The molecule has 0 radical (unpaired) electrons. The van der Waals surface area contributed by atoms with Crippen molar-refractivity contribution in [1.82, 2.24) is 0 Å². The fraction of sp³-hybridized carbons (Fsp3) is 0.500. The molecule has 2 heterocycles. The van der Waals surface area contributed by atoms with Crippen LogP contribution in [0.2, 0.25) is 0 Å². The van der Waals surface area contributed by atoms with Crippen molar-refractivity contribution in [3.63, 3.8) is 0 Å². The van der Waals surface area contributed by atoms with Gasteiger partial charge >= 0.3 is 0 Å². The van der Waals surface area contributed by atoms with Crippen molar-refractivity contribution in [3.05, 3.63) is 23.8 Å². The van der Waals surface area contributed by atoms with Gasteiger partial charge in [0.1, 0.15) is 0 Å². The minimum atomic E-state index is 0.293. The van der Waals surface area contributed by atoms with Crippen molar-refractivity contribution >= 4 is 5.69 Å². The summed E-state index contributed by atoms with van der Waals surface area (Å²) in [6.45, 7) is 0.293. The molecule has 3 rings (SSSR count). The van der Waals surface area contributed by atoms with E-state index in [0.29, 0.717) is 6.61 Å². The molecule has 0 fully saturated rings. The lowest BCUT2D eigenvalue weighted by molar-refractivity contribution is 0.282. The van der Waals surface area contributed by atoms with Gasteiger partial charge < -0.3 is 9.94 Å². The number of benzene rings is 1. The predicted molar refractivity (Wildman–Crippen MR) is 60.8 cm³/mol. The molecule has 1 aromatic carbocycles. The van der Waals surface area contributed by atoms with Gasteiger partial charge in [-0.05, 0) is 43.0 Å². The van der Waals surface area contributed by atoms with Crippen LogP contribution in [0.3, 0.4) is 0 Å². The average molecular weight is 220 g/mol. The highest BCUT2D eigenvalue weighted by molar-refractivity contribution is 5.47. The van der Waals surface area contributed by atoms with Crippen molar-refractivity contribution in [2.24, 2.45) is 10.4 Å². The van der Waals surface area contributed by atoms with Crippen molar-refractivity contribution < 1.29 is 9.94 Å². The molecule has 0 saturated heterocycles. The molecule has 0 unspecified atom stereocenters. The molecule has 1 N–H and O–H groups in total. The molecular formula is C12H16N2O2. The van der Waals surface area contributed by atoms with Crippen molar-refractivity contribution in [3.8, 4) is 5.75 Å². The molecular weight excluding hydrogens is 204 g/mol. The molecule has 2 aliphatic rings. The summed E-state index contributed by atoms with van der Waals surface area (Å²) in [5, 5.41) is 16.2. The largest absolute Gasteiger partial charge is 0.396 e. The normalized spacial score (nSPS) is 12.6. The third kappa shape index (κ3) is 2.79. The van der Waals surface area contributed by atoms with E-state index in [-0.39, 0.29) is 0 Å². The third-order valence-corrected chi connectivity index (χ3v) is 2.69. The summed E-state index contributed by atoms with van der Waals surface area (Å²) in [6.07, 6.45) is 5.22. The highest BCUT2D eigenvalue weighted by atomic mass is 16.6. The highest BCUT2D eigenvalue weighted by Crippen LogP contribution is 2.29. The predicted octanol–water partition coefficient (Wildman–Crippen LogP) is 3.17. The van der Waals surface area contributed by atoms with E-state index in [0.717, 1.165) is 43.5 Å². The second kappa shape index (κ2) is 5.61. The first kappa shape index (κ1) is 11.1. The quantitative estimate of drug-likeness (QED) is 0.748. The van der Waals surface area contributed by atoms with Crippen molar-refractivity contribution in [1.29, 1.82) is 0 Å². The molecule has 0 amide bonds. The van der Waals surface area contributed by atoms with E-state index in [1.54, 1.807) is 0 Å². The molecule has 86 valence electrons. The number of rotatable bonds is 6. The summed E-state index contributed by atoms with van der Waals surface area (Å²) >= 11 is 0. The number of hydrogen-bond acceptors (Lipinski definition) is 4. The minimum Gasteiger partial charge on any atom is -0.396 e. The molecule has 16 heavy (non-hydrogen) atoms. The molecule has 0 aliphatic carbocycles. The Balaban J connectivity index is 1.85. The summed E-state index contributed by atoms with van der Waals surface area (Å²) < 4.78 is 0. The lowest BCUT2D eigenvalue weighted by Crippen LogP contribution is -1.90. The molecule has 0 atom stereocenters. The zero-order valence-electron chi connectivity index (χ0n) is 9.22. The highest BCUT2D eigenvalue weighted by Gasteiger charge is 2.08. The van der Waals surface area contributed by atoms with E-state index in [1.165, 1.54) is 5.56 Å². The SMILES string of the molecule is OCCCCCCc1cc2ccc1ON=N2. The van der Waals surface area contributed by atoms with Gasteiger partial charge in [-0.15, -0.1) is 5.11 Å². The van der Waals surface area contributed by atoms with E-state index < -0.39 is 0 Å². The smallest absolute Gasteiger partial charge is 0.163 e. The van der Waals surface area contributed by atoms with Crippen LogP contribution in [0.1, 0.15) is 31.2 Å². The van der Waals surface area contributed by atoms with E-state index >= 15 is 0 Å². The number of nitrogens with zero attached hydrogens (tertiary/aromatic N) is 2. The fourth-order valence-electron chi connectivity index (χ4n) is 1.80. The first-order valence-corrected chi connectivity index (χ1v) is 5.72. The van der Waals surface area contributed by atoms with Gasteiger partial charge in [0.05, 0.1) is 5.69 Å². The number of aliphatic hydroxyl groups is 1. The number of unbranched alkanes of at least 4 members (excludes halogenated alkanes) is 3. The van der Waals surface area contributed by atoms with Crippen molar-refractivity contribution in [2.45, 2.75) is 32.1 Å². The van der Waals surface area contributed by atoms with Gasteiger partial charge in [-0.25, -0.2) is 0 Å². The minimum absolute atomic E-state index is 0.293. The standard InChI is InChI=1S/C12H16N2O2/c15-8-4-2-1-3-5-10-9-11-6-7-12(10)16-14-13-11/h6-7,9,15H,1-5,8H2. The second-order valence-electron chi connectivity index (χ2n) is 3.95. The Bertz CT molecular complexity index is 377. The Morgan fingerprint density at radius 3 is 2.88 bits per heavy atom. The second-order valence-corrected chi connectivity index (χ2v) is 3.95. The topological polar surface area (TPSA) is 54.2 Å². The van der Waals surface area contributed by atoms with Gasteiger partial charge in [-0.3, -0.25) is 0 Å². The van der Waals surface area contributed by atoms with E-state index in [9.17, 15) is 0 Å². The maximum Gasteiger partial charge on any atom is 0.163 e. The van der Waals surface area contributed by atoms with Crippen LogP contribution < -0.4 is 4.84 Å². The van der Waals surface area contributed by atoms with E-state index in [2.05, 4.69) is 10.4 Å². The average Bonchev–Trinajstić information content (AvgIpc) is 2.63. The maximum atomic E-state index is 8.66. The summed E-state index contributed by atoms with van der Waals surface area (Å²) in [7, 11) is 0. The van der Waals surface area contributed by atoms with Crippen molar-refractivity contribution in [2.75, 3.05) is 6.61 Å². The lowest BCUT2D eigenvalue weighted by atomic mass is 10.0. The van der Waals surface area contributed by atoms with Gasteiger partial charge in [0.15, 0.2) is 5.75 Å². The Kier molecular flexibility index (Phi) is 3.88. The Morgan fingerprint density at radius 1 is 1.12 bits per heavy atom. The molecule has 1 aromatic rings. The summed E-state index contributed by atoms with van der Waals surface area (Å²) in [5.41, 5.74) is 2.03. The monoisotopic (exact) mass is 220 g/mol. The van der Waals surface area contributed by atoms with E-state index in [1.807, 2.05) is 18.2 Å². The van der Waals surface area contributed by atoms with Crippen LogP contribution in [0.5, 0.6) is 5.75 Å². The molecule has 0 aromatic heterocycles. The summed E-state index contributed by atoms with van der Waals surface area (Å²) in [4.78, 5) is 5.14. The van der Waals surface area contributed by atoms with Gasteiger partial charge in [0, 0.05) is 11.9 Å². The molecule has 0 saturated carbocycles. The van der Waals surface area contributed by atoms with Crippen LogP contribution in [0.25, 0.3) is 0 Å². The zero-order chi connectivity index (χ0) is 11.2. The summed E-state index contributed by atoms with van der Waals surface area (Å²) in [6, 6.07) is 5.84. The number of aliphatic hydroxyl groups excluding tert-OH is 1. The maximum absolute atomic E-state index is 8.66. The van der Waals surface area contributed by atoms with Gasteiger partial charge in [-0.1, -0.05) is 12.8 Å². The summed E-state index contributed by atoms with van der Waals surface area (Å²) in [5.74, 6) is 0.812. The van der Waals surface area contributed by atoms with Crippen LogP contribution >= 0.6 is 0 Å².